The molecule has 0 radical (unpaired) electrons. The van der Waals surface area contributed by atoms with Crippen LogP contribution in [-0.4, -0.2) is 35.6 Å². The van der Waals surface area contributed by atoms with Crippen molar-refractivity contribution >= 4 is 39.5 Å². The SMILES string of the molecule is CCNc1nc(Nc2c(F)cccc2Br)nc(N(C)C)n1. The molecule has 0 atom stereocenters. The zero-order chi connectivity index (χ0) is 15.4. The van der Waals surface area contributed by atoms with E-state index in [1.807, 2.05) is 21.0 Å². The van der Waals surface area contributed by atoms with E-state index in [0.717, 1.165) is 0 Å². The van der Waals surface area contributed by atoms with Gasteiger partial charge < -0.3 is 15.5 Å². The third-order valence-corrected chi connectivity index (χ3v) is 3.22. The van der Waals surface area contributed by atoms with Crippen LogP contribution in [0.1, 0.15) is 6.92 Å². The maximum Gasteiger partial charge on any atom is 0.233 e. The molecule has 0 fully saturated rings. The van der Waals surface area contributed by atoms with Crippen LogP contribution in [0.2, 0.25) is 0 Å². The van der Waals surface area contributed by atoms with Gasteiger partial charge in [-0.25, -0.2) is 4.39 Å². The van der Waals surface area contributed by atoms with Crippen LogP contribution in [0.4, 0.5) is 27.9 Å². The minimum Gasteiger partial charge on any atom is -0.354 e. The molecule has 6 nitrogen and oxygen atoms in total. The van der Waals surface area contributed by atoms with Crippen LogP contribution in [0.25, 0.3) is 0 Å². The van der Waals surface area contributed by atoms with Crippen molar-refractivity contribution in [2.45, 2.75) is 6.92 Å². The Morgan fingerprint density at radius 2 is 1.90 bits per heavy atom. The van der Waals surface area contributed by atoms with Crippen molar-refractivity contribution in [1.82, 2.24) is 15.0 Å². The number of nitrogens with one attached hydrogen (secondary N) is 2. The molecule has 2 rings (SSSR count). The number of rotatable bonds is 5. The molecule has 0 saturated heterocycles. The first kappa shape index (κ1) is 15.4. The van der Waals surface area contributed by atoms with Gasteiger partial charge in [0.2, 0.25) is 17.8 Å². The van der Waals surface area contributed by atoms with E-state index in [1.54, 1.807) is 17.0 Å². The normalized spacial score (nSPS) is 10.3. The molecule has 0 aliphatic heterocycles. The second-order valence-electron chi connectivity index (χ2n) is 4.43. The molecule has 1 aromatic heterocycles. The van der Waals surface area contributed by atoms with Gasteiger partial charge in [0.05, 0.1) is 5.69 Å². The zero-order valence-corrected chi connectivity index (χ0v) is 13.6. The molecule has 0 amide bonds. The lowest BCUT2D eigenvalue weighted by atomic mass is 10.3. The molecule has 0 aliphatic rings. The van der Waals surface area contributed by atoms with Crippen molar-refractivity contribution in [3.8, 4) is 0 Å². The van der Waals surface area contributed by atoms with Crippen LogP contribution in [0.15, 0.2) is 22.7 Å². The molecule has 2 N–H and O–H groups in total. The van der Waals surface area contributed by atoms with Gasteiger partial charge in [-0.05, 0) is 35.0 Å². The molecule has 8 heteroatoms. The van der Waals surface area contributed by atoms with E-state index in [2.05, 4.69) is 41.5 Å². The summed E-state index contributed by atoms with van der Waals surface area (Å²) in [5, 5.41) is 5.91. The Balaban J connectivity index is 2.39. The largest absolute Gasteiger partial charge is 0.354 e. The monoisotopic (exact) mass is 354 g/mol. The molecular weight excluding hydrogens is 339 g/mol. The average Bonchev–Trinajstić information content (AvgIpc) is 2.43. The third-order valence-electron chi connectivity index (χ3n) is 2.56. The third kappa shape index (κ3) is 3.78. The summed E-state index contributed by atoms with van der Waals surface area (Å²) in [7, 11) is 3.65. The number of aromatic nitrogens is 3. The molecule has 21 heavy (non-hydrogen) atoms. The van der Waals surface area contributed by atoms with Crippen molar-refractivity contribution in [3.05, 3.63) is 28.5 Å². The van der Waals surface area contributed by atoms with Gasteiger partial charge in [-0.15, -0.1) is 0 Å². The van der Waals surface area contributed by atoms with Crippen LogP contribution in [0.5, 0.6) is 0 Å². The number of hydrogen-bond donors (Lipinski definition) is 2. The predicted molar refractivity (Wildman–Crippen MR) is 85.7 cm³/mol. The van der Waals surface area contributed by atoms with E-state index >= 15 is 0 Å². The number of benzene rings is 1. The first-order valence-corrected chi connectivity index (χ1v) is 7.19. The van der Waals surface area contributed by atoms with Gasteiger partial charge in [0, 0.05) is 25.1 Å². The van der Waals surface area contributed by atoms with Gasteiger partial charge in [0.15, 0.2) is 0 Å². The second-order valence-corrected chi connectivity index (χ2v) is 5.28. The van der Waals surface area contributed by atoms with E-state index < -0.39 is 0 Å². The van der Waals surface area contributed by atoms with E-state index in [1.165, 1.54) is 6.07 Å². The Hall–Kier alpha value is -1.96. The predicted octanol–water partition coefficient (Wildman–Crippen LogP) is 3.01. The van der Waals surface area contributed by atoms with Gasteiger partial charge in [-0.2, -0.15) is 15.0 Å². The molecule has 0 bridgehead atoms. The van der Waals surface area contributed by atoms with Crippen molar-refractivity contribution < 1.29 is 4.39 Å². The lowest BCUT2D eigenvalue weighted by Crippen LogP contribution is -2.16. The maximum atomic E-state index is 13.9. The first-order valence-electron chi connectivity index (χ1n) is 6.39. The summed E-state index contributed by atoms with van der Waals surface area (Å²) in [5.41, 5.74) is 0.288. The van der Waals surface area contributed by atoms with E-state index in [4.69, 9.17) is 0 Å². The number of anilines is 4. The van der Waals surface area contributed by atoms with Crippen LogP contribution >= 0.6 is 15.9 Å². The highest BCUT2D eigenvalue weighted by Crippen LogP contribution is 2.27. The fourth-order valence-electron chi connectivity index (χ4n) is 1.59. The summed E-state index contributed by atoms with van der Waals surface area (Å²) in [5.74, 6) is 0.804. The molecule has 1 aromatic carbocycles. The first-order chi connectivity index (χ1) is 10.0. The highest BCUT2D eigenvalue weighted by atomic mass is 79.9. The van der Waals surface area contributed by atoms with Gasteiger partial charge in [-0.3, -0.25) is 0 Å². The van der Waals surface area contributed by atoms with Crippen molar-refractivity contribution in [2.24, 2.45) is 0 Å². The van der Waals surface area contributed by atoms with Crippen molar-refractivity contribution in [3.63, 3.8) is 0 Å². The fourth-order valence-corrected chi connectivity index (χ4v) is 2.03. The molecule has 0 spiro atoms. The van der Waals surface area contributed by atoms with Crippen LogP contribution < -0.4 is 15.5 Å². The van der Waals surface area contributed by atoms with Gasteiger partial charge >= 0.3 is 0 Å². The Kier molecular flexibility index (Phi) is 4.89. The number of nitrogens with zero attached hydrogens (tertiary/aromatic N) is 4. The summed E-state index contributed by atoms with van der Waals surface area (Å²) in [6.45, 7) is 2.62. The van der Waals surface area contributed by atoms with E-state index in [-0.39, 0.29) is 17.5 Å². The van der Waals surface area contributed by atoms with Crippen LogP contribution in [0.3, 0.4) is 0 Å². The zero-order valence-electron chi connectivity index (χ0n) is 12.0. The van der Waals surface area contributed by atoms with Crippen LogP contribution in [0, 0.1) is 5.82 Å². The molecule has 0 saturated carbocycles. The number of halogens is 2. The standard InChI is InChI=1S/C13H16BrFN6/c1-4-16-11-18-12(20-13(19-11)21(2)3)17-10-8(14)6-5-7-9(10)15/h5-7H,4H2,1-3H3,(H2,16,17,18,19,20). The number of para-hydroxylation sites is 1. The Bertz CT molecular complexity index is 614. The Labute approximate surface area is 130 Å². The van der Waals surface area contributed by atoms with Crippen molar-refractivity contribution in [1.29, 1.82) is 0 Å². The molecule has 112 valence electrons. The molecule has 0 unspecified atom stereocenters. The highest BCUT2D eigenvalue weighted by molar-refractivity contribution is 9.10. The topological polar surface area (TPSA) is 66.0 Å². The van der Waals surface area contributed by atoms with Gasteiger partial charge in [-0.1, -0.05) is 6.07 Å². The highest BCUT2D eigenvalue weighted by Gasteiger charge is 2.12. The summed E-state index contributed by atoms with van der Waals surface area (Å²) in [6, 6.07) is 4.73. The maximum absolute atomic E-state index is 13.9. The average molecular weight is 355 g/mol. The van der Waals surface area contributed by atoms with Gasteiger partial charge in [0.25, 0.3) is 0 Å². The second kappa shape index (κ2) is 6.66. The Morgan fingerprint density at radius 1 is 1.19 bits per heavy atom. The molecule has 2 aromatic rings. The summed E-state index contributed by atoms with van der Waals surface area (Å²) in [6.07, 6.45) is 0. The molecular formula is C13H16BrFN6. The summed E-state index contributed by atoms with van der Waals surface area (Å²) < 4.78 is 14.5. The lowest BCUT2D eigenvalue weighted by Gasteiger charge is -2.14. The lowest BCUT2D eigenvalue weighted by molar-refractivity contribution is 0.631. The Morgan fingerprint density at radius 3 is 2.52 bits per heavy atom. The van der Waals surface area contributed by atoms with Gasteiger partial charge in [0.1, 0.15) is 5.82 Å². The van der Waals surface area contributed by atoms with Crippen LogP contribution in [-0.2, 0) is 0 Å². The summed E-state index contributed by atoms with van der Waals surface area (Å²) >= 11 is 3.30. The molecule has 1 heterocycles. The summed E-state index contributed by atoms with van der Waals surface area (Å²) in [4.78, 5) is 14.5. The molecule has 0 aliphatic carbocycles. The van der Waals surface area contributed by atoms with E-state index in [9.17, 15) is 4.39 Å². The number of hydrogen-bond acceptors (Lipinski definition) is 6. The minimum absolute atomic E-state index is 0.274. The minimum atomic E-state index is -0.388. The van der Waals surface area contributed by atoms with Crippen molar-refractivity contribution in [2.75, 3.05) is 36.2 Å². The van der Waals surface area contributed by atoms with E-state index in [0.29, 0.717) is 22.9 Å². The fraction of sp³-hybridized carbons (Fsp3) is 0.308. The smallest absolute Gasteiger partial charge is 0.233 e. The quantitative estimate of drug-likeness (QED) is 0.860.